The molecule has 1 unspecified atom stereocenters. The molecule has 3 nitrogen and oxygen atoms in total. The molecule has 3 heteroatoms. The van der Waals surface area contributed by atoms with Crippen molar-refractivity contribution in [3.63, 3.8) is 0 Å². The molecule has 110 valence electrons. The number of piperidine rings is 1. The summed E-state index contributed by atoms with van der Waals surface area (Å²) in [5, 5.41) is 9.27. The van der Waals surface area contributed by atoms with Gasteiger partial charge in [0.05, 0.1) is 5.92 Å². The van der Waals surface area contributed by atoms with Crippen LogP contribution in [-0.4, -0.2) is 35.1 Å². The second-order valence-electron chi connectivity index (χ2n) is 6.12. The Hall–Kier alpha value is -1.35. The Morgan fingerprint density at radius 3 is 2.75 bits per heavy atom. The Balaban J connectivity index is 1.90. The summed E-state index contributed by atoms with van der Waals surface area (Å²) in [5.74, 6) is -0.294. The summed E-state index contributed by atoms with van der Waals surface area (Å²) < 4.78 is 0. The first-order valence-corrected chi connectivity index (χ1v) is 7.58. The number of rotatable bonds is 5. The highest BCUT2D eigenvalue weighted by molar-refractivity contribution is 5.70. The maximum Gasteiger partial charge on any atom is 0.308 e. The molecule has 1 N–H and O–H groups in total. The number of carbonyl (C=O) groups is 1. The lowest BCUT2D eigenvalue weighted by Gasteiger charge is -2.38. The van der Waals surface area contributed by atoms with Gasteiger partial charge in [0.15, 0.2) is 0 Å². The number of carboxylic acid groups (broad SMARTS) is 1. The lowest BCUT2D eigenvalue weighted by atomic mass is 9.89. The number of hydrogen-bond donors (Lipinski definition) is 1. The highest BCUT2D eigenvalue weighted by Crippen LogP contribution is 2.25. The molecule has 1 aliphatic heterocycles. The monoisotopic (exact) mass is 275 g/mol. The fraction of sp³-hybridized carbons (Fsp3) is 0.588. The molecule has 1 aliphatic rings. The molecule has 0 radical (unpaired) electrons. The van der Waals surface area contributed by atoms with Crippen LogP contribution in [0.15, 0.2) is 30.3 Å². The van der Waals surface area contributed by atoms with E-state index >= 15 is 0 Å². The standard InChI is InChI=1S/C17H25NO2/c1-13(11-15-7-4-3-5-8-15)12-18-10-6-9-16(14(18)2)17(19)20/h3-5,7-8,13-14,16H,6,9-12H2,1-2H3,(H,19,20)/t13?,14-,16-/m0/s1. The van der Waals surface area contributed by atoms with Crippen LogP contribution in [0.25, 0.3) is 0 Å². The van der Waals surface area contributed by atoms with Crippen LogP contribution in [0.5, 0.6) is 0 Å². The fourth-order valence-corrected chi connectivity index (χ4v) is 3.28. The van der Waals surface area contributed by atoms with Gasteiger partial charge in [-0.05, 0) is 44.2 Å². The third-order valence-corrected chi connectivity index (χ3v) is 4.41. The maximum atomic E-state index is 11.3. The number of likely N-dealkylation sites (tertiary alicyclic amines) is 1. The highest BCUT2D eigenvalue weighted by atomic mass is 16.4. The molecule has 20 heavy (non-hydrogen) atoms. The van der Waals surface area contributed by atoms with Crippen LogP contribution in [-0.2, 0) is 11.2 Å². The average molecular weight is 275 g/mol. The van der Waals surface area contributed by atoms with Gasteiger partial charge in [-0.1, -0.05) is 37.3 Å². The van der Waals surface area contributed by atoms with Gasteiger partial charge in [-0.25, -0.2) is 0 Å². The number of hydrogen-bond acceptors (Lipinski definition) is 2. The Morgan fingerprint density at radius 1 is 1.40 bits per heavy atom. The van der Waals surface area contributed by atoms with E-state index in [9.17, 15) is 9.90 Å². The van der Waals surface area contributed by atoms with E-state index in [4.69, 9.17) is 0 Å². The van der Waals surface area contributed by atoms with Crippen molar-refractivity contribution in [2.24, 2.45) is 11.8 Å². The zero-order chi connectivity index (χ0) is 14.5. The first-order valence-electron chi connectivity index (χ1n) is 7.58. The minimum absolute atomic E-state index is 0.152. The van der Waals surface area contributed by atoms with Crippen LogP contribution in [0.2, 0.25) is 0 Å². The Morgan fingerprint density at radius 2 is 2.10 bits per heavy atom. The van der Waals surface area contributed by atoms with Crippen LogP contribution >= 0.6 is 0 Å². The second-order valence-corrected chi connectivity index (χ2v) is 6.12. The Labute approximate surface area is 121 Å². The SMILES string of the molecule is CC(Cc1ccccc1)CN1CCC[C@H](C(=O)O)[C@@H]1C. The van der Waals surface area contributed by atoms with Crippen molar-refractivity contribution in [3.05, 3.63) is 35.9 Å². The third kappa shape index (κ3) is 3.83. The molecule has 1 aromatic carbocycles. The molecule has 0 amide bonds. The van der Waals surface area contributed by atoms with Crippen LogP contribution in [0.1, 0.15) is 32.3 Å². The van der Waals surface area contributed by atoms with Crippen molar-refractivity contribution in [2.75, 3.05) is 13.1 Å². The van der Waals surface area contributed by atoms with Crippen molar-refractivity contribution in [2.45, 2.75) is 39.2 Å². The van der Waals surface area contributed by atoms with Gasteiger partial charge in [0.2, 0.25) is 0 Å². The van der Waals surface area contributed by atoms with Gasteiger partial charge in [-0.2, -0.15) is 0 Å². The Kier molecular flexibility index (Phi) is 5.18. The van der Waals surface area contributed by atoms with E-state index in [1.54, 1.807) is 0 Å². The molecule has 2 rings (SSSR count). The minimum atomic E-state index is -0.641. The first kappa shape index (κ1) is 15.0. The van der Waals surface area contributed by atoms with Gasteiger partial charge in [0.1, 0.15) is 0 Å². The zero-order valence-electron chi connectivity index (χ0n) is 12.5. The van der Waals surface area contributed by atoms with E-state index in [0.29, 0.717) is 5.92 Å². The van der Waals surface area contributed by atoms with Gasteiger partial charge in [-0.15, -0.1) is 0 Å². The fourth-order valence-electron chi connectivity index (χ4n) is 3.28. The largest absolute Gasteiger partial charge is 0.481 e. The van der Waals surface area contributed by atoms with Gasteiger partial charge in [0.25, 0.3) is 0 Å². The minimum Gasteiger partial charge on any atom is -0.481 e. The van der Waals surface area contributed by atoms with Gasteiger partial charge < -0.3 is 5.11 Å². The Bertz CT molecular complexity index is 432. The normalized spacial score (nSPS) is 25.3. The second kappa shape index (κ2) is 6.89. The van der Waals surface area contributed by atoms with Crippen LogP contribution in [0, 0.1) is 11.8 Å². The molecule has 0 aliphatic carbocycles. The summed E-state index contributed by atoms with van der Waals surface area (Å²) in [6.45, 7) is 6.33. The number of carboxylic acids is 1. The molecule has 3 atom stereocenters. The lowest BCUT2D eigenvalue weighted by Crippen LogP contribution is -2.47. The molecule has 1 heterocycles. The highest BCUT2D eigenvalue weighted by Gasteiger charge is 2.33. The van der Waals surface area contributed by atoms with Crippen molar-refractivity contribution >= 4 is 5.97 Å². The summed E-state index contributed by atoms with van der Waals surface area (Å²) in [6, 6.07) is 10.7. The van der Waals surface area contributed by atoms with Crippen molar-refractivity contribution in [1.29, 1.82) is 0 Å². The van der Waals surface area contributed by atoms with Gasteiger partial charge in [-0.3, -0.25) is 9.69 Å². The lowest BCUT2D eigenvalue weighted by molar-refractivity contribution is -0.145. The van der Waals surface area contributed by atoms with Crippen LogP contribution < -0.4 is 0 Å². The number of aliphatic carboxylic acids is 1. The third-order valence-electron chi connectivity index (χ3n) is 4.41. The van der Waals surface area contributed by atoms with E-state index in [1.807, 2.05) is 6.07 Å². The first-order chi connectivity index (χ1) is 9.58. The molecule has 1 fully saturated rings. The van der Waals surface area contributed by atoms with Crippen molar-refractivity contribution in [1.82, 2.24) is 4.90 Å². The van der Waals surface area contributed by atoms with Gasteiger partial charge in [0, 0.05) is 12.6 Å². The van der Waals surface area contributed by atoms with E-state index in [1.165, 1.54) is 5.56 Å². The summed E-state index contributed by atoms with van der Waals surface area (Å²) in [5.41, 5.74) is 1.36. The zero-order valence-corrected chi connectivity index (χ0v) is 12.5. The van der Waals surface area contributed by atoms with E-state index < -0.39 is 5.97 Å². The molecule has 0 saturated carbocycles. The molecular formula is C17H25NO2. The molecule has 0 bridgehead atoms. The summed E-state index contributed by atoms with van der Waals surface area (Å²) in [6.07, 6.45) is 2.88. The van der Waals surface area contributed by atoms with E-state index in [0.717, 1.165) is 32.4 Å². The molecular weight excluding hydrogens is 250 g/mol. The summed E-state index contributed by atoms with van der Waals surface area (Å²) in [7, 11) is 0. The van der Waals surface area contributed by atoms with Crippen molar-refractivity contribution in [3.8, 4) is 0 Å². The van der Waals surface area contributed by atoms with Crippen LogP contribution in [0.4, 0.5) is 0 Å². The number of nitrogens with zero attached hydrogens (tertiary/aromatic N) is 1. The summed E-state index contributed by atoms with van der Waals surface area (Å²) >= 11 is 0. The van der Waals surface area contributed by atoms with Crippen LogP contribution in [0.3, 0.4) is 0 Å². The quantitative estimate of drug-likeness (QED) is 0.898. The van der Waals surface area contributed by atoms with Gasteiger partial charge >= 0.3 is 5.97 Å². The van der Waals surface area contributed by atoms with E-state index in [-0.39, 0.29) is 12.0 Å². The average Bonchev–Trinajstić information content (AvgIpc) is 2.42. The molecule has 0 spiro atoms. The predicted octanol–water partition coefficient (Wildman–Crippen LogP) is 3.05. The molecule has 0 aromatic heterocycles. The topological polar surface area (TPSA) is 40.5 Å². The number of benzene rings is 1. The van der Waals surface area contributed by atoms with Crippen molar-refractivity contribution < 1.29 is 9.90 Å². The molecule has 1 aromatic rings. The predicted molar refractivity (Wildman–Crippen MR) is 80.7 cm³/mol. The maximum absolute atomic E-state index is 11.3. The smallest absolute Gasteiger partial charge is 0.308 e. The summed E-state index contributed by atoms with van der Waals surface area (Å²) in [4.78, 5) is 13.6. The van der Waals surface area contributed by atoms with E-state index in [2.05, 4.69) is 43.0 Å². The molecule has 1 saturated heterocycles.